The quantitative estimate of drug-likeness (QED) is 0.704. The molecule has 0 spiro atoms. The van der Waals surface area contributed by atoms with Crippen molar-refractivity contribution in [1.29, 1.82) is 0 Å². The maximum Gasteiger partial charge on any atom is 0.196 e. The average Bonchev–Trinajstić information content (AvgIpc) is 2.59. The Labute approximate surface area is 108 Å². The summed E-state index contributed by atoms with van der Waals surface area (Å²) in [7, 11) is 3.05. The first-order chi connectivity index (χ1) is 7.88. The van der Waals surface area contributed by atoms with Gasteiger partial charge in [0.05, 0.1) is 0 Å². The molecule has 0 amide bonds. The number of aliphatic imine (C=N–C) groups is 1. The van der Waals surface area contributed by atoms with Gasteiger partial charge in [0.25, 0.3) is 0 Å². The largest absolute Gasteiger partial charge is 0.344 e. The predicted molar refractivity (Wildman–Crippen MR) is 79.6 cm³/mol. The zero-order valence-corrected chi connectivity index (χ0v) is 13.5. The Kier molecular flexibility index (Phi) is 5.04. The number of guanidine groups is 1. The molecule has 0 aromatic heterocycles. The summed E-state index contributed by atoms with van der Waals surface area (Å²) in [4.78, 5) is 9.07. The normalized spacial score (nSPS) is 19.8. The van der Waals surface area contributed by atoms with Crippen LogP contribution in [0.3, 0.4) is 0 Å². The predicted octanol–water partition coefficient (Wildman–Crippen LogP) is 2.73. The lowest BCUT2D eigenvalue weighted by atomic mass is 10.4. The van der Waals surface area contributed by atoms with Crippen molar-refractivity contribution in [3.05, 3.63) is 0 Å². The summed E-state index contributed by atoms with van der Waals surface area (Å²) in [5.41, 5.74) is 0.892. The second kappa shape index (κ2) is 5.89. The molecule has 1 rings (SSSR count). The summed E-state index contributed by atoms with van der Waals surface area (Å²) < 4.78 is 0. The third-order valence-corrected chi connectivity index (χ3v) is 9.11. The van der Waals surface area contributed by atoms with Gasteiger partial charge >= 0.3 is 0 Å². The SMILES string of the molecule is CN=C1N(C)CCN1CCC[Si](C)(C)C(C)C. The topological polar surface area (TPSA) is 18.8 Å². The fraction of sp³-hybridized carbons (Fsp3) is 0.923. The van der Waals surface area contributed by atoms with E-state index in [-0.39, 0.29) is 0 Å². The average molecular weight is 255 g/mol. The molecular weight excluding hydrogens is 226 g/mol. The molecule has 0 unspecified atom stereocenters. The van der Waals surface area contributed by atoms with E-state index in [1.165, 1.54) is 25.0 Å². The van der Waals surface area contributed by atoms with Crippen molar-refractivity contribution >= 4 is 14.0 Å². The van der Waals surface area contributed by atoms with Crippen LogP contribution in [0.1, 0.15) is 20.3 Å². The molecule has 0 saturated carbocycles. The number of hydrogen-bond acceptors (Lipinski definition) is 1. The van der Waals surface area contributed by atoms with Gasteiger partial charge in [-0.25, -0.2) is 0 Å². The molecule has 0 bridgehead atoms. The highest BCUT2D eigenvalue weighted by atomic mass is 28.3. The minimum absolute atomic E-state index is 0.892. The Morgan fingerprint density at radius 3 is 2.47 bits per heavy atom. The highest BCUT2D eigenvalue weighted by Gasteiger charge is 2.26. The fourth-order valence-corrected chi connectivity index (χ4v) is 3.90. The molecule has 4 heteroatoms. The van der Waals surface area contributed by atoms with E-state index in [0.29, 0.717) is 0 Å². The summed E-state index contributed by atoms with van der Waals surface area (Å²) in [5.74, 6) is 1.18. The van der Waals surface area contributed by atoms with Gasteiger partial charge in [0.1, 0.15) is 0 Å². The van der Waals surface area contributed by atoms with Crippen LogP contribution in [0.4, 0.5) is 0 Å². The molecule has 0 aromatic rings. The van der Waals surface area contributed by atoms with Crippen LogP contribution < -0.4 is 0 Å². The van der Waals surface area contributed by atoms with E-state index in [0.717, 1.165) is 18.6 Å². The summed E-state index contributed by atoms with van der Waals surface area (Å²) >= 11 is 0. The van der Waals surface area contributed by atoms with Gasteiger partial charge in [0.15, 0.2) is 5.96 Å². The molecule has 1 aliphatic heterocycles. The fourth-order valence-electron chi connectivity index (χ4n) is 2.25. The first kappa shape index (κ1) is 14.5. The van der Waals surface area contributed by atoms with Gasteiger partial charge < -0.3 is 9.80 Å². The summed E-state index contributed by atoms with van der Waals surface area (Å²) in [6.45, 7) is 13.2. The third-order valence-electron chi connectivity index (χ3n) is 4.34. The van der Waals surface area contributed by atoms with Gasteiger partial charge in [-0.2, -0.15) is 0 Å². The molecule has 0 N–H and O–H groups in total. The van der Waals surface area contributed by atoms with Crippen molar-refractivity contribution in [2.24, 2.45) is 4.99 Å². The maximum absolute atomic E-state index is 4.38. The highest BCUT2D eigenvalue weighted by molar-refractivity contribution is 6.78. The van der Waals surface area contributed by atoms with Crippen LogP contribution in [-0.2, 0) is 0 Å². The van der Waals surface area contributed by atoms with Crippen LogP contribution in [0, 0.1) is 0 Å². The van der Waals surface area contributed by atoms with Crippen molar-refractivity contribution in [3.8, 4) is 0 Å². The Hall–Kier alpha value is -0.513. The molecule has 0 atom stereocenters. The minimum Gasteiger partial charge on any atom is -0.344 e. The van der Waals surface area contributed by atoms with Gasteiger partial charge in [-0.05, 0) is 6.42 Å². The van der Waals surface area contributed by atoms with E-state index in [1.54, 1.807) is 0 Å². The summed E-state index contributed by atoms with van der Waals surface area (Å²) in [6.07, 6.45) is 1.32. The van der Waals surface area contributed by atoms with E-state index in [2.05, 4.69) is 48.8 Å². The molecule has 1 aliphatic rings. The number of hydrogen-bond donors (Lipinski definition) is 0. The zero-order valence-electron chi connectivity index (χ0n) is 12.5. The monoisotopic (exact) mass is 255 g/mol. The van der Waals surface area contributed by atoms with Crippen molar-refractivity contribution in [2.45, 2.75) is 44.9 Å². The van der Waals surface area contributed by atoms with Gasteiger partial charge in [-0.1, -0.05) is 38.5 Å². The van der Waals surface area contributed by atoms with Crippen LogP contribution in [-0.4, -0.2) is 57.6 Å². The third kappa shape index (κ3) is 3.73. The molecule has 17 heavy (non-hydrogen) atoms. The zero-order chi connectivity index (χ0) is 13.1. The standard InChI is InChI=1S/C13H29N3Si/c1-12(2)17(5,6)11-7-8-16-10-9-15(4)13(16)14-3/h12H,7-11H2,1-6H3. The molecule has 0 radical (unpaired) electrons. The lowest BCUT2D eigenvalue weighted by Crippen LogP contribution is -2.34. The minimum atomic E-state index is -0.982. The lowest BCUT2D eigenvalue weighted by molar-refractivity contribution is 0.458. The Morgan fingerprint density at radius 2 is 1.94 bits per heavy atom. The molecule has 3 nitrogen and oxygen atoms in total. The first-order valence-corrected chi connectivity index (χ1v) is 10.1. The smallest absolute Gasteiger partial charge is 0.196 e. The van der Waals surface area contributed by atoms with E-state index >= 15 is 0 Å². The molecular formula is C13H29N3Si. The van der Waals surface area contributed by atoms with Crippen LogP contribution in [0.2, 0.25) is 24.7 Å². The van der Waals surface area contributed by atoms with Crippen LogP contribution in [0.5, 0.6) is 0 Å². The van der Waals surface area contributed by atoms with Crippen molar-refractivity contribution < 1.29 is 0 Å². The molecule has 1 saturated heterocycles. The first-order valence-electron chi connectivity index (χ1n) is 6.81. The van der Waals surface area contributed by atoms with Crippen LogP contribution >= 0.6 is 0 Å². The van der Waals surface area contributed by atoms with Gasteiger partial charge in [-0.15, -0.1) is 0 Å². The molecule has 0 aliphatic carbocycles. The van der Waals surface area contributed by atoms with E-state index < -0.39 is 8.07 Å². The second-order valence-corrected chi connectivity index (χ2v) is 11.8. The maximum atomic E-state index is 4.38. The number of rotatable bonds is 5. The van der Waals surface area contributed by atoms with Crippen molar-refractivity contribution in [3.63, 3.8) is 0 Å². The highest BCUT2D eigenvalue weighted by Crippen LogP contribution is 2.26. The molecule has 1 fully saturated rings. The molecule has 1 heterocycles. The second-order valence-electron chi connectivity index (χ2n) is 6.18. The Balaban J connectivity index is 2.37. The van der Waals surface area contributed by atoms with Crippen LogP contribution in [0.25, 0.3) is 0 Å². The number of likely N-dealkylation sites (N-methyl/N-ethyl adjacent to an activating group) is 1. The Bertz CT molecular complexity index is 274. The lowest BCUT2D eigenvalue weighted by Gasteiger charge is -2.28. The van der Waals surface area contributed by atoms with Gasteiger partial charge in [0, 0.05) is 41.8 Å². The van der Waals surface area contributed by atoms with E-state index in [1.807, 2.05) is 7.05 Å². The molecule has 100 valence electrons. The van der Waals surface area contributed by atoms with Crippen molar-refractivity contribution in [1.82, 2.24) is 9.80 Å². The van der Waals surface area contributed by atoms with E-state index in [4.69, 9.17) is 0 Å². The van der Waals surface area contributed by atoms with E-state index in [9.17, 15) is 0 Å². The van der Waals surface area contributed by atoms with Crippen molar-refractivity contribution in [2.75, 3.05) is 33.7 Å². The number of nitrogens with zero attached hydrogens (tertiary/aromatic N) is 3. The van der Waals surface area contributed by atoms with Crippen LogP contribution in [0.15, 0.2) is 4.99 Å². The summed E-state index contributed by atoms with van der Waals surface area (Å²) in [6, 6.07) is 1.43. The van der Waals surface area contributed by atoms with Gasteiger partial charge in [0.2, 0.25) is 0 Å². The van der Waals surface area contributed by atoms with Gasteiger partial charge in [-0.3, -0.25) is 4.99 Å². The Morgan fingerprint density at radius 1 is 1.29 bits per heavy atom. The molecule has 0 aromatic carbocycles. The summed E-state index contributed by atoms with van der Waals surface area (Å²) in [5, 5.41) is 0.